The fourth-order valence-corrected chi connectivity index (χ4v) is 4.31. The van der Waals surface area contributed by atoms with Gasteiger partial charge < -0.3 is 14.6 Å². The number of ether oxygens (including phenoxy) is 1. The number of carbonyl (C=O) groups excluding carboxylic acids is 1. The molecule has 1 saturated heterocycles. The molecule has 4 rings (SSSR count). The zero-order chi connectivity index (χ0) is 21.3. The molecule has 0 aliphatic carbocycles. The Morgan fingerprint density at radius 3 is 2.67 bits per heavy atom. The van der Waals surface area contributed by atoms with Gasteiger partial charge in [0.2, 0.25) is 5.43 Å². The maximum Gasteiger partial charge on any atom is 0.259 e. The normalized spacial score (nSPS) is 17.0. The van der Waals surface area contributed by atoms with Crippen LogP contribution in [0, 0.1) is 12.7 Å². The van der Waals surface area contributed by atoms with Crippen LogP contribution in [0.3, 0.4) is 0 Å². The summed E-state index contributed by atoms with van der Waals surface area (Å²) in [4.78, 5) is 31.4. The number of nitrogens with one attached hydrogen (secondary N) is 1. The predicted octanol–water partition coefficient (Wildman–Crippen LogP) is 4.74. The molecule has 1 fully saturated rings. The van der Waals surface area contributed by atoms with E-state index in [1.165, 1.54) is 18.3 Å². The molecule has 1 aliphatic heterocycles. The van der Waals surface area contributed by atoms with Gasteiger partial charge in [-0.25, -0.2) is 4.39 Å². The molecule has 1 atom stereocenters. The molecule has 3 aromatic rings. The lowest BCUT2D eigenvalue weighted by Gasteiger charge is -2.30. The van der Waals surface area contributed by atoms with Crippen LogP contribution in [-0.4, -0.2) is 29.4 Å². The van der Waals surface area contributed by atoms with Crippen molar-refractivity contribution in [3.63, 3.8) is 0 Å². The van der Waals surface area contributed by atoms with Crippen molar-refractivity contribution in [3.8, 4) is 5.75 Å². The molecule has 156 valence electrons. The molecule has 1 N–H and O–H groups in total. The average Bonchev–Trinajstić information content (AvgIpc) is 3.00. The number of benzene rings is 2. The summed E-state index contributed by atoms with van der Waals surface area (Å²) in [6, 6.07) is 10.2. The number of carbonyl (C=O) groups is 1. The van der Waals surface area contributed by atoms with Crippen LogP contribution in [0.15, 0.2) is 47.4 Å². The minimum Gasteiger partial charge on any atom is -0.497 e. The molecule has 0 radical (unpaired) electrons. The van der Waals surface area contributed by atoms with Gasteiger partial charge in [0.25, 0.3) is 5.91 Å². The van der Waals surface area contributed by atoms with E-state index in [-0.39, 0.29) is 22.9 Å². The van der Waals surface area contributed by atoms with Gasteiger partial charge in [-0.3, -0.25) is 9.59 Å². The summed E-state index contributed by atoms with van der Waals surface area (Å²) < 4.78 is 19.1. The molecule has 2 heterocycles. The third-order valence-electron chi connectivity index (χ3n) is 5.90. The van der Waals surface area contributed by atoms with Crippen molar-refractivity contribution in [1.29, 1.82) is 0 Å². The second kappa shape index (κ2) is 8.30. The van der Waals surface area contributed by atoms with Crippen LogP contribution in [0.4, 0.5) is 4.39 Å². The van der Waals surface area contributed by atoms with Crippen molar-refractivity contribution in [2.75, 3.05) is 13.7 Å². The number of aromatic nitrogens is 1. The highest BCUT2D eigenvalue weighted by Gasteiger charge is 2.29. The van der Waals surface area contributed by atoms with Crippen LogP contribution >= 0.6 is 0 Å². The largest absolute Gasteiger partial charge is 0.497 e. The monoisotopic (exact) mass is 408 g/mol. The highest BCUT2D eigenvalue weighted by Crippen LogP contribution is 2.32. The Morgan fingerprint density at radius 1 is 1.17 bits per heavy atom. The number of methoxy groups -OCH3 is 1. The van der Waals surface area contributed by atoms with Gasteiger partial charge in [-0.05, 0) is 55.2 Å². The molecule has 1 aromatic heterocycles. The molecule has 1 aliphatic rings. The maximum absolute atomic E-state index is 13.9. The lowest BCUT2D eigenvalue weighted by Crippen LogP contribution is -2.37. The molecule has 0 saturated carbocycles. The molecule has 5 nitrogen and oxygen atoms in total. The first-order valence-corrected chi connectivity index (χ1v) is 10.3. The first kappa shape index (κ1) is 20.1. The fourth-order valence-electron chi connectivity index (χ4n) is 4.31. The van der Waals surface area contributed by atoms with E-state index >= 15 is 0 Å². The summed E-state index contributed by atoms with van der Waals surface area (Å²) in [5.74, 6) is -0.0441. The summed E-state index contributed by atoms with van der Waals surface area (Å²) in [6.45, 7) is 2.31. The second-order valence-corrected chi connectivity index (χ2v) is 7.81. The molecule has 1 amide bonds. The number of halogens is 1. The number of hydrogen-bond donors (Lipinski definition) is 1. The van der Waals surface area contributed by atoms with Crippen molar-refractivity contribution in [2.45, 2.75) is 38.6 Å². The van der Waals surface area contributed by atoms with Gasteiger partial charge in [0.15, 0.2) is 0 Å². The number of hydrogen-bond acceptors (Lipinski definition) is 3. The van der Waals surface area contributed by atoms with E-state index in [0.717, 1.165) is 37.0 Å². The van der Waals surface area contributed by atoms with Crippen molar-refractivity contribution in [2.24, 2.45) is 0 Å². The molecule has 0 spiro atoms. The number of nitrogens with zero attached hydrogens (tertiary/aromatic N) is 1. The van der Waals surface area contributed by atoms with Crippen LogP contribution in [0.5, 0.6) is 5.75 Å². The quantitative estimate of drug-likeness (QED) is 0.681. The molecular formula is C24H25FN2O3. The SMILES string of the molecule is COc1ccc(C2CCCCCN2C(=O)c2c[nH]c3c(C)cc(F)cc3c2=O)cc1. The van der Waals surface area contributed by atoms with E-state index in [0.29, 0.717) is 17.6 Å². The Labute approximate surface area is 174 Å². The first-order chi connectivity index (χ1) is 14.5. The van der Waals surface area contributed by atoms with E-state index < -0.39 is 11.2 Å². The lowest BCUT2D eigenvalue weighted by atomic mass is 9.99. The maximum atomic E-state index is 13.9. The summed E-state index contributed by atoms with van der Waals surface area (Å²) in [5.41, 5.74) is 1.82. The topological polar surface area (TPSA) is 62.4 Å². The Hall–Kier alpha value is -3.15. The van der Waals surface area contributed by atoms with Gasteiger partial charge in [0, 0.05) is 18.1 Å². The summed E-state index contributed by atoms with van der Waals surface area (Å²) in [7, 11) is 1.62. The number of aryl methyl sites for hydroxylation is 1. The summed E-state index contributed by atoms with van der Waals surface area (Å²) >= 11 is 0. The van der Waals surface area contributed by atoms with Gasteiger partial charge in [-0.2, -0.15) is 0 Å². The zero-order valence-electron chi connectivity index (χ0n) is 17.2. The summed E-state index contributed by atoms with van der Waals surface area (Å²) in [6.07, 6.45) is 5.23. The highest BCUT2D eigenvalue weighted by atomic mass is 19.1. The number of rotatable bonds is 3. The van der Waals surface area contributed by atoms with E-state index in [2.05, 4.69) is 4.98 Å². The lowest BCUT2D eigenvalue weighted by molar-refractivity contribution is 0.0679. The minimum atomic E-state index is -0.485. The first-order valence-electron chi connectivity index (χ1n) is 10.3. The second-order valence-electron chi connectivity index (χ2n) is 7.81. The Bertz CT molecular complexity index is 1140. The Kier molecular flexibility index (Phi) is 5.57. The predicted molar refractivity (Wildman–Crippen MR) is 115 cm³/mol. The third-order valence-corrected chi connectivity index (χ3v) is 5.90. The third kappa shape index (κ3) is 3.70. The van der Waals surface area contributed by atoms with Crippen LogP contribution < -0.4 is 10.2 Å². The number of pyridine rings is 1. The molecule has 2 aromatic carbocycles. The number of aromatic amines is 1. The van der Waals surface area contributed by atoms with Crippen molar-refractivity contribution in [3.05, 3.63) is 75.3 Å². The number of amides is 1. The van der Waals surface area contributed by atoms with Crippen molar-refractivity contribution < 1.29 is 13.9 Å². The van der Waals surface area contributed by atoms with Crippen LogP contribution in [0.2, 0.25) is 0 Å². The van der Waals surface area contributed by atoms with Crippen LogP contribution in [0.25, 0.3) is 10.9 Å². The van der Waals surface area contributed by atoms with Gasteiger partial charge in [-0.15, -0.1) is 0 Å². The van der Waals surface area contributed by atoms with Gasteiger partial charge in [-0.1, -0.05) is 25.0 Å². The number of H-pyrrole nitrogens is 1. The molecule has 0 bridgehead atoms. The minimum absolute atomic E-state index is 0.0490. The molecular weight excluding hydrogens is 383 g/mol. The van der Waals surface area contributed by atoms with Crippen LogP contribution in [-0.2, 0) is 0 Å². The molecule has 30 heavy (non-hydrogen) atoms. The van der Waals surface area contributed by atoms with Crippen molar-refractivity contribution >= 4 is 16.8 Å². The Morgan fingerprint density at radius 2 is 1.93 bits per heavy atom. The fraction of sp³-hybridized carbons (Fsp3) is 0.333. The standard InChI is InChI=1S/C24H25FN2O3/c1-15-12-17(25)13-19-22(15)26-14-20(23(19)28)24(29)27-11-5-3-4-6-21(27)16-7-9-18(30-2)10-8-16/h7-10,12-14,21H,3-6,11H2,1-2H3,(H,26,28). The van der Waals surface area contributed by atoms with E-state index in [1.807, 2.05) is 24.3 Å². The highest BCUT2D eigenvalue weighted by molar-refractivity contribution is 5.97. The number of likely N-dealkylation sites (tertiary alicyclic amines) is 1. The van der Waals surface area contributed by atoms with Crippen molar-refractivity contribution in [1.82, 2.24) is 9.88 Å². The molecule has 6 heteroatoms. The van der Waals surface area contributed by atoms with E-state index in [1.54, 1.807) is 18.9 Å². The molecule has 1 unspecified atom stereocenters. The smallest absolute Gasteiger partial charge is 0.259 e. The zero-order valence-corrected chi connectivity index (χ0v) is 17.2. The van der Waals surface area contributed by atoms with Gasteiger partial charge in [0.1, 0.15) is 17.1 Å². The van der Waals surface area contributed by atoms with Gasteiger partial charge in [0.05, 0.1) is 18.7 Å². The van der Waals surface area contributed by atoms with E-state index in [4.69, 9.17) is 4.74 Å². The number of fused-ring (bicyclic) bond motifs is 1. The van der Waals surface area contributed by atoms with E-state index in [9.17, 15) is 14.0 Å². The van der Waals surface area contributed by atoms with Gasteiger partial charge >= 0.3 is 0 Å². The summed E-state index contributed by atoms with van der Waals surface area (Å²) in [5, 5.41) is 0.203. The van der Waals surface area contributed by atoms with Crippen LogP contribution in [0.1, 0.15) is 53.2 Å². The Balaban J connectivity index is 1.75. The average molecular weight is 408 g/mol.